The van der Waals surface area contributed by atoms with Gasteiger partial charge in [-0.25, -0.2) is 17.6 Å². The summed E-state index contributed by atoms with van der Waals surface area (Å²) in [7, 11) is -3.37. The molecule has 7 nitrogen and oxygen atoms in total. The van der Waals surface area contributed by atoms with E-state index >= 15 is 0 Å². The molecular formula is C21H25FN2O5S. The highest BCUT2D eigenvalue weighted by atomic mass is 32.2. The fraction of sp³-hybridized carbons (Fsp3) is 0.381. The van der Waals surface area contributed by atoms with Crippen LogP contribution in [-0.2, 0) is 20.4 Å². The van der Waals surface area contributed by atoms with Gasteiger partial charge in [0.15, 0.2) is 0 Å². The molecule has 2 N–H and O–H groups in total. The van der Waals surface area contributed by atoms with E-state index in [1.165, 1.54) is 12.1 Å². The van der Waals surface area contributed by atoms with Gasteiger partial charge in [0.2, 0.25) is 10.0 Å². The van der Waals surface area contributed by atoms with Crippen LogP contribution in [0, 0.1) is 5.82 Å². The smallest absolute Gasteiger partial charge is 0.411 e. The Labute approximate surface area is 175 Å². The number of anilines is 1. The van der Waals surface area contributed by atoms with Gasteiger partial charge in [-0.2, -0.15) is 0 Å². The van der Waals surface area contributed by atoms with Gasteiger partial charge in [-0.1, -0.05) is 24.3 Å². The van der Waals surface area contributed by atoms with Crippen LogP contribution in [-0.4, -0.2) is 43.9 Å². The number of carbonyl (C=O) groups is 1. The molecular weight excluding hydrogens is 411 g/mol. The third kappa shape index (κ3) is 4.91. The van der Waals surface area contributed by atoms with Gasteiger partial charge in [-0.3, -0.25) is 4.72 Å². The quantitative estimate of drug-likeness (QED) is 0.694. The van der Waals surface area contributed by atoms with Crippen molar-refractivity contribution >= 4 is 21.8 Å². The van der Waals surface area contributed by atoms with Gasteiger partial charge in [0.05, 0.1) is 12.3 Å². The number of sulfonamides is 1. The predicted molar refractivity (Wildman–Crippen MR) is 111 cm³/mol. The highest BCUT2D eigenvalue weighted by Crippen LogP contribution is 2.39. The van der Waals surface area contributed by atoms with Crippen LogP contribution in [0.25, 0.3) is 0 Å². The van der Waals surface area contributed by atoms with Crippen LogP contribution in [0.15, 0.2) is 48.5 Å². The van der Waals surface area contributed by atoms with Crippen LogP contribution in [0.4, 0.5) is 14.9 Å². The largest absolute Gasteiger partial charge is 0.438 e. The minimum absolute atomic E-state index is 0.172. The van der Waals surface area contributed by atoms with Crippen LogP contribution in [0.1, 0.15) is 36.9 Å². The summed E-state index contributed by atoms with van der Waals surface area (Å²) in [4.78, 5) is 14.4. The van der Waals surface area contributed by atoms with Crippen molar-refractivity contribution in [2.24, 2.45) is 0 Å². The number of amides is 1. The average molecular weight is 437 g/mol. The molecule has 3 rings (SSSR count). The fourth-order valence-electron chi connectivity index (χ4n) is 3.70. The van der Waals surface area contributed by atoms with Crippen molar-refractivity contribution in [1.29, 1.82) is 0 Å². The molecule has 0 spiro atoms. The van der Waals surface area contributed by atoms with Gasteiger partial charge < -0.3 is 14.7 Å². The maximum atomic E-state index is 13.3. The lowest BCUT2D eigenvalue weighted by Gasteiger charge is -2.43. The number of ether oxygens (including phenoxy) is 1. The predicted octanol–water partition coefficient (Wildman–Crippen LogP) is 3.38. The van der Waals surface area contributed by atoms with Gasteiger partial charge in [0.1, 0.15) is 11.4 Å². The Morgan fingerprint density at radius 2 is 1.83 bits per heavy atom. The second-order valence-electron chi connectivity index (χ2n) is 7.46. The van der Waals surface area contributed by atoms with E-state index in [0.29, 0.717) is 24.2 Å². The Kier molecular flexibility index (Phi) is 6.33. The average Bonchev–Trinajstić information content (AvgIpc) is 2.68. The summed E-state index contributed by atoms with van der Waals surface area (Å²) in [5, 5.41) is 9.52. The summed E-state index contributed by atoms with van der Waals surface area (Å²) < 4.78 is 44.2. The highest BCUT2D eigenvalue weighted by molar-refractivity contribution is 7.92. The molecule has 1 saturated heterocycles. The number of hydrogen-bond acceptors (Lipinski definition) is 5. The second-order valence-corrected chi connectivity index (χ2v) is 9.21. The van der Waals surface area contributed by atoms with E-state index in [-0.39, 0.29) is 24.9 Å². The van der Waals surface area contributed by atoms with E-state index in [1.807, 2.05) is 6.92 Å². The van der Waals surface area contributed by atoms with Gasteiger partial charge >= 0.3 is 6.09 Å². The van der Waals surface area contributed by atoms with E-state index in [9.17, 15) is 22.7 Å². The zero-order valence-electron chi connectivity index (χ0n) is 16.8. The van der Waals surface area contributed by atoms with Crippen molar-refractivity contribution in [3.05, 3.63) is 65.5 Å². The van der Waals surface area contributed by atoms with Crippen molar-refractivity contribution in [3.8, 4) is 0 Å². The van der Waals surface area contributed by atoms with Gasteiger partial charge in [0, 0.05) is 31.7 Å². The maximum absolute atomic E-state index is 13.3. The van der Waals surface area contributed by atoms with Crippen molar-refractivity contribution in [2.45, 2.75) is 31.4 Å². The van der Waals surface area contributed by atoms with E-state index in [4.69, 9.17) is 4.74 Å². The molecule has 0 aromatic heterocycles. The third-order valence-corrected chi connectivity index (χ3v) is 5.93. The van der Waals surface area contributed by atoms with Crippen molar-refractivity contribution in [2.75, 3.05) is 24.1 Å². The summed E-state index contributed by atoms with van der Waals surface area (Å²) in [6.45, 7) is 2.08. The molecule has 2 aromatic rings. The Morgan fingerprint density at radius 3 is 2.37 bits per heavy atom. The molecule has 0 aliphatic carbocycles. The first-order valence-corrected chi connectivity index (χ1v) is 11.5. The van der Waals surface area contributed by atoms with Crippen LogP contribution in [0.5, 0.6) is 0 Å². The molecule has 1 aliphatic heterocycles. The van der Waals surface area contributed by atoms with Crippen molar-refractivity contribution in [3.63, 3.8) is 0 Å². The number of benzene rings is 2. The van der Waals surface area contributed by atoms with Gasteiger partial charge in [-0.05, 0) is 42.3 Å². The molecule has 162 valence electrons. The lowest BCUT2D eigenvalue weighted by Crippen LogP contribution is -2.49. The van der Waals surface area contributed by atoms with Crippen LogP contribution < -0.4 is 4.72 Å². The number of cyclic esters (lactones) is 1. The first kappa shape index (κ1) is 22.0. The minimum Gasteiger partial charge on any atom is -0.438 e. The molecule has 0 saturated carbocycles. The lowest BCUT2D eigenvalue weighted by atomic mass is 9.85. The molecule has 30 heavy (non-hydrogen) atoms. The number of aliphatic hydroxyl groups is 1. The number of hydrogen-bond donors (Lipinski definition) is 2. The maximum Gasteiger partial charge on any atom is 0.411 e. The first-order valence-electron chi connectivity index (χ1n) is 9.58. The number of nitrogens with one attached hydrogen (secondary N) is 1. The zero-order chi connectivity index (χ0) is 21.9. The molecule has 1 heterocycles. The highest BCUT2D eigenvalue weighted by Gasteiger charge is 2.43. The van der Waals surface area contributed by atoms with Crippen LogP contribution >= 0.6 is 0 Å². The topological polar surface area (TPSA) is 95.9 Å². The Bertz CT molecular complexity index is 995. The Balaban J connectivity index is 1.76. The van der Waals surface area contributed by atoms with Crippen molar-refractivity contribution in [1.82, 2.24) is 4.90 Å². The SMILES string of the molecule is C[C@@H](c1ccc(NS(C)(=O)=O)cc1)N1CCC(CCO)(c2ccc(F)cc2)OC1=O. The monoisotopic (exact) mass is 436 g/mol. The van der Waals surface area contributed by atoms with Gasteiger partial charge in [0.25, 0.3) is 0 Å². The summed E-state index contributed by atoms with van der Waals surface area (Å²) >= 11 is 0. The molecule has 2 atom stereocenters. The molecule has 1 aliphatic rings. The molecule has 0 bridgehead atoms. The summed E-state index contributed by atoms with van der Waals surface area (Å²) in [6.07, 6.45) is 1.22. The Morgan fingerprint density at radius 1 is 1.20 bits per heavy atom. The van der Waals surface area contributed by atoms with E-state index < -0.39 is 21.7 Å². The normalized spacial score (nSPS) is 20.5. The van der Waals surface area contributed by atoms with Crippen molar-refractivity contribution < 1.29 is 27.4 Å². The number of aliphatic hydroxyl groups excluding tert-OH is 1. The Hall–Kier alpha value is -2.65. The summed E-state index contributed by atoms with van der Waals surface area (Å²) in [5.41, 5.74) is 0.907. The van der Waals surface area contributed by atoms with E-state index in [2.05, 4.69) is 4.72 Å². The van der Waals surface area contributed by atoms with E-state index in [0.717, 1.165) is 11.8 Å². The zero-order valence-corrected chi connectivity index (χ0v) is 17.7. The molecule has 0 radical (unpaired) electrons. The minimum atomic E-state index is -3.37. The fourth-order valence-corrected chi connectivity index (χ4v) is 4.27. The van der Waals surface area contributed by atoms with Gasteiger partial charge in [-0.15, -0.1) is 0 Å². The molecule has 9 heteroatoms. The first-order chi connectivity index (χ1) is 14.1. The number of halogens is 1. The molecule has 1 unspecified atom stereocenters. The molecule has 1 fully saturated rings. The number of carbonyl (C=O) groups excluding carboxylic acids is 1. The number of nitrogens with zero attached hydrogens (tertiary/aromatic N) is 1. The standard InChI is InChI=1S/C21H25FN2O5S/c1-15(16-3-9-19(10-4-16)23-30(2,27)28)24-13-11-21(12-14-25,29-20(24)26)17-5-7-18(22)8-6-17/h3-10,15,23,25H,11-14H2,1-2H3/t15-,21?/m0/s1. The molecule has 2 aromatic carbocycles. The molecule has 1 amide bonds. The second kappa shape index (κ2) is 8.61. The summed E-state index contributed by atoms with van der Waals surface area (Å²) in [6, 6.07) is 12.2. The van der Waals surface area contributed by atoms with E-state index in [1.54, 1.807) is 41.3 Å². The lowest BCUT2D eigenvalue weighted by molar-refractivity contribution is -0.0718. The van der Waals surface area contributed by atoms with Crippen LogP contribution in [0.2, 0.25) is 0 Å². The summed E-state index contributed by atoms with van der Waals surface area (Å²) in [5.74, 6) is -0.385. The third-order valence-electron chi connectivity index (χ3n) is 5.32. The van der Waals surface area contributed by atoms with Crippen LogP contribution in [0.3, 0.4) is 0 Å². The number of rotatable bonds is 7.